The summed E-state index contributed by atoms with van der Waals surface area (Å²) < 4.78 is 6.96. The van der Waals surface area contributed by atoms with Gasteiger partial charge in [-0.25, -0.2) is 4.98 Å². The maximum atomic E-state index is 5.11. The molecule has 2 rings (SSSR count). The van der Waals surface area contributed by atoms with Crippen LogP contribution < -0.4 is 10.1 Å². The van der Waals surface area contributed by atoms with Gasteiger partial charge in [-0.3, -0.25) is 0 Å². The molecule has 7 nitrogen and oxygen atoms in total. The van der Waals surface area contributed by atoms with Crippen LogP contribution in [0.1, 0.15) is 24.5 Å². The van der Waals surface area contributed by atoms with Gasteiger partial charge in [0.2, 0.25) is 11.8 Å². The van der Waals surface area contributed by atoms with Gasteiger partial charge in [0.05, 0.1) is 13.2 Å². The Balaban J connectivity index is 2.19. The Hall–Kier alpha value is -2.18. The first kappa shape index (κ1) is 12.3. The molecule has 1 unspecified atom stereocenters. The highest BCUT2D eigenvalue weighted by Crippen LogP contribution is 2.16. The maximum Gasteiger partial charge on any atom is 0.226 e. The standard InChI is InChI=1S/C11H16N6O/c1-7-5-9(18-4)15-11(13-7)14-8(2)10-16-12-6-17(10)3/h5-6,8H,1-4H3,(H,13,14,15). The van der Waals surface area contributed by atoms with Crippen molar-refractivity contribution in [3.8, 4) is 5.88 Å². The number of anilines is 1. The Bertz CT molecular complexity index is 538. The molecule has 96 valence electrons. The minimum absolute atomic E-state index is 0.0380. The van der Waals surface area contributed by atoms with Crippen molar-refractivity contribution in [2.75, 3.05) is 12.4 Å². The van der Waals surface area contributed by atoms with E-state index in [1.165, 1.54) is 0 Å². The fraction of sp³-hybridized carbons (Fsp3) is 0.455. The van der Waals surface area contributed by atoms with E-state index in [1.54, 1.807) is 19.5 Å². The summed E-state index contributed by atoms with van der Waals surface area (Å²) in [6.45, 7) is 3.87. The minimum atomic E-state index is -0.0380. The topological polar surface area (TPSA) is 77.8 Å². The van der Waals surface area contributed by atoms with Gasteiger partial charge in [0.1, 0.15) is 6.33 Å². The summed E-state index contributed by atoms with van der Waals surface area (Å²) in [6.07, 6.45) is 1.66. The lowest BCUT2D eigenvalue weighted by molar-refractivity contribution is 0.397. The largest absolute Gasteiger partial charge is 0.481 e. The zero-order chi connectivity index (χ0) is 13.1. The molecule has 0 spiro atoms. The molecule has 1 N–H and O–H groups in total. The van der Waals surface area contributed by atoms with Crippen molar-refractivity contribution in [1.29, 1.82) is 0 Å². The summed E-state index contributed by atoms with van der Waals surface area (Å²) in [4.78, 5) is 8.53. The number of ether oxygens (including phenoxy) is 1. The number of nitrogens with zero attached hydrogens (tertiary/aromatic N) is 5. The highest BCUT2D eigenvalue weighted by Gasteiger charge is 2.13. The molecular formula is C11H16N6O. The van der Waals surface area contributed by atoms with Crippen LogP contribution in [0.25, 0.3) is 0 Å². The third kappa shape index (κ3) is 2.55. The fourth-order valence-electron chi connectivity index (χ4n) is 1.65. The van der Waals surface area contributed by atoms with Gasteiger partial charge in [-0.15, -0.1) is 10.2 Å². The van der Waals surface area contributed by atoms with E-state index in [4.69, 9.17) is 4.74 Å². The molecule has 2 aromatic heterocycles. The van der Waals surface area contributed by atoms with Crippen LogP contribution in [0.3, 0.4) is 0 Å². The number of nitrogens with one attached hydrogen (secondary N) is 1. The van der Waals surface area contributed by atoms with Gasteiger partial charge in [-0.05, 0) is 13.8 Å². The lowest BCUT2D eigenvalue weighted by Gasteiger charge is -2.13. The van der Waals surface area contributed by atoms with Crippen LogP contribution >= 0.6 is 0 Å². The molecule has 0 fully saturated rings. The third-order valence-corrected chi connectivity index (χ3v) is 2.52. The van der Waals surface area contributed by atoms with Crippen molar-refractivity contribution < 1.29 is 4.74 Å². The van der Waals surface area contributed by atoms with Gasteiger partial charge in [-0.2, -0.15) is 4.98 Å². The number of aryl methyl sites for hydroxylation is 2. The number of aromatic nitrogens is 5. The van der Waals surface area contributed by atoms with Crippen molar-refractivity contribution in [2.24, 2.45) is 7.05 Å². The Morgan fingerprint density at radius 2 is 2.17 bits per heavy atom. The zero-order valence-corrected chi connectivity index (χ0v) is 10.9. The Morgan fingerprint density at radius 3 is 2.78 bits per heavy atom. The number of methoxy groups -OCH3 is 1. The van der Waals surface area contributed by atoms with Crippen molar-refractivity contribution in [3.05, 3.63) is 23.9 Å². The second-order valence-electron chi connectivity index (χ2n) is 4.04. The number of hydrogen-bond donors (Lipinski definition) is 1. The predicted octanol–water partition coefficient (Wildman–Crippen LogP) is 1.10. The summed E-state index contributed by atoms with van der Waals surface area (Å²) in [6, 6.07) is 1.74. The van der Waals surface area contributed by atoms with E-state index < -0.39 is 0 Å². The summed E-state index contributed by atoms with van der Waals surface area (Å²) in [5.41, 5.74) is 0.842. The van der Waals surface area contributed by atoms with Crippen LogP contribution in [0.4, 0.5) is 5.95 Å². The number of rotatable bonds is 4. The van der Waals surface area contributed by atoms with Crippen LogP contribution in [-0.2, 0) is 7.05 Å². The highest BCUT2D eigenvalue weighted by atomic mass is 16.5. The molecule has 0 bridgehead atoms. The normalized spacial score (nSPS) is 12.2. The molecule has 0 saturated carbocycles. The monoisotopic (exact) mass is 248 g/mol. The molecule has 0 aromatic carbocycles. The highest BCUT2D eigenvalue weighted by molar-refractivity contribution is 5.32. The van der Waals surface area contributed by atoms with Crippen LogP contribution in [-0.4, -0.2) is 31.8 Å². The van der Waals surface area contributed by atoms with E-state index >= 15 is 0 Å². The predicted molar refractivity (Wildman–Crippen MR) is 66.4 cm³/mol. The summed E-state index contributed by atoms with van der Waals surface area (Å²) >= 11 is 0. The molecule has 0 radical (unpaired) electrons. The minimum Gasteiger partial charge on any atom is -0.481 e. The lowest BCUT2D eigenvalue weighted by Crippen LogP contribution is -2.14. The van der Waals surface area contributed by atoms with Crippen LogP contribution in [0, 0.1) is 6.92 Å². The maximum absolute atomic E-state index is 5.11. The second-order valence-corrected chi connectivity index (χ2v) is 4.04. The van der Waals surface area contributed by atoms with Crippen molar-refractivity contribution in [1.82, 2.24) is 24.7 Å². The van der Waals surface area contributed by atoms with E-state index in [-0.39, 0.29) is 6.04 Å². The van der Waals surface area contributed by atoms with Crippen LogP contribution in [0.2, 0.25) is 0 Å². The van der Waals surface area contributed by atoms with Gasteiger partial charge in [0.25, 0.3) is 0 Å². The molecule has 0 aliphatic carbocycles. The smallest absolute Gasteiger partial charge is 0.226 e. The summed E-state index contributed by atoms with van der Waals surface area (Å²) in [5.74, 6) is 1.87. The van der Waals surface area contributed by atoms with Gasteiger partial charge in [0, 0.05) is 18.8 Å². The van der Waals surface area contributed by atoms with Crippen molar-refractivity contribution in [2.45, 2.75) is 19.9 Å². The van der Waals surface area contributed by atoms with Crippen LogP contribution in [0.5, 0.6) is 5.88 Å². The lowest BCUT2D eigenvalue weighted by atomic mass is 10.3. The third-order valence-electron chi connectivity index (χ3n) is 2.52. The molecule has 0 amide bonds. The average molecular weight is 248 g/mol. The first-order chi connectivity index (χ1) is 8.60. The van der Waals surface area contributed by atoms with Gasteiger partial charge >= 0.3 is 0 Å². The van der Waals surface area contributed by atoms with Gasteiger partial charge in [-0.1, -0.05) is 0 Å². The summed E-state index contributed by atoms with van der Waals surface area (Å²) in [7, 11) is 3.48. The molecular weight excluding hydrogens is 232 g/mol. The Labute approximate surface area is 105 Å². The molecule has 2 heterocycles. The van der Waals surface area contributed by atoms with E-state index in [0.717, 1.165) is 11.5 Å². The molecule has 7 heteroatoms. The molecule has 0 aliphatic rings. The quantitative estimate of drug-likeness (QED) is 0.872. The van der Waals surface area contributed by atoms with Crippen molar-refractivity contribution >= 4 is 5.95 Å². The second kappa shape index (κ2) is 4.99. The molecule has 0 aliphatic heterocycles. The molecule has 0 saturated heterocycles. The molecule has 2 aromatic rings. The van der Waals surface area contributed by atoms with Crippen LogP contribution in [0.15, 0.2) is 12.4 Å². The Kier molecular flexibility index (Phi) is 3.40. The van der Waals surface area contributed by atoms with E-state index in [0.29, 0.717) is 11.8 Å². The number of hydrogen-bond acceptors (Lipinski definition) is 6. The molecule has 18 heavy (non-hydrogen) atoms. The van der Waals surface area contributed by atoms with Crippen molar-refractivity contribution in [3.63, 3.8) is 0 Å². The SMILES string of the molecule is COc1cc(C)nc(NC(C)c2nncn2C)n1. The first-order valence-electron chi connectivity index (χ1n) is 5.60. The average Bonchev–Trinajstić information content (AvgIpc) is 2.74. The fourth-order valence-corrected chi connectivity index (χ4v) is 1.65. The van der Waals surface area contributed by atoms with E-state index in [2.05, 4.69) is 25.5 Å². The van der Waals surface area contributed by atoms with E-state index in [9.17, 15) is 0 Å². The zero-order valence-electron chi connectivity index (χ0n) is 10.9. The molecule has 1 atom stereocenters. The van der Waals surface area contributed by atoms with Gasteiger partial charge < -0.3 is 14.6 Å². The first-order valence-corrected chi connectivity index (χ1v) is 5.60. The Morgan fingerprint density at radius 1 is 1.39 bits per heavy atom. The van der Waals surface area contributed by atoms with E-state index in [1.807, 2.05) is 25.5 Å². The van der Waals surface area contributed by atoms with Gasteiger partial charge in [0.15, 0.2) is 5.82 Å². The summed E-state index contributed by atoms with van der Waals surface area (Å²) in [5, 5.41) is 11.1.